The molecule has 114 valence electrons. The third kappa shape index (κ3) is 4.11. The van der Waals surface area contributed by atoms with Gasteiger partial charge >= 0.3 is 6.03 Å². The second-order valence-electron chi connectivity index (χ2n) is 4.86. The van der Waals surface area contributed by atoms with Crippen molar-refractivity contribution in [2.45, 2.75) is 0 Å². The topological polar surface area (TPSA) is 50.4 Å². The summed E-state index contributed by atoms with van der Waals surface area (Å²) in [4.78, 5) is 12.1. The van der Waals surface area contributed by atoms with Crippen LogP contribution < -0.4 is 15.4 Å². The van der Waals surface area contributed by atoms with Crippen LogP contribution in [0, 0.1) is 0 Å². The van der Waals surface area contributed by atoms with Crippen molar-refractivity contribution in [3.63, 3.8) is 0 Å². The maximum atomic E-state index is 12.1. The highest BCUT2D eigenvalue weighted by Gasteiger charge is 2.08. The molecule has 0 aliphatic rings. The SMILES string of the molecule is O=C(Nc1ccccc1)Nc1ccccc1Oc1ccccc1. The first-order chi connectivity index (χ1) is 11.3. The minimum absolute atomic E-state index is 0.319. The number of rotatable bonds is 4. The predicted octanol–water partition coefficient (Wildman–Crippen LogP) is 5.12. The van der Waals surface area contributed by atoms with Gasteiger partial charge in [0.2, 0.25) is 0 Å². The Morgan fingerprint density at radius 3 is 2.04 bits per heavy atom. The Morgan fingerprint density at radius 2 is 1.30 bits per heavy atom. The molecule has 0 atom stereocenters. The predicted molar refractivity (Wildman–Crippen MR) is 92.0 cm³/mol. The molecule has 0 fully saturated rings. The molecule has 3 aromatic rings. The molecule has 4 heteroatoms. The number of anilines is 2. The van der Waals surface area contributed by atoms with Crippen LogP contribution in [0.15, 0.2) is 84.9 Å². The van der Waals surface area contributed by atoms with Crippen molar-refractivity contribution in [2.24, 2.45) is 0 Å². The zero-order valence-electron chi connectivity index (χ0n) is 12.4. The number of carbonyl (C=O) groups is 1. The molecule has 4 nitrogen and oxygen atoms in total. The summed E-state index contributed by atoms with van der Waals surface area (Å²) in [5.74, 6) is 1.30. The summed E-state index contributed by atoms with van der Waals surface area (Å²) in [5, 5.41) is 5.58. The van der Waals surface area contributed by atoms with Gasteiger partial charge in [-0.3, -0.25) is 0 Å². The van der Waals surface area contributed by atoms with Crippen molar-refractivity contribution in [1.82, 2.24) is 0 Å². The minimum Gasteiger partial charge on any atom is -0.455 e. The van der Waals surface area contributed by atoms with E-state index in [4.69, 9.17) is 4.74 Å². The number of para-hydroxylation sites is 4. The van der Waals surface area contributed by atoms with Crippen molar-refractivity contribution in [3.05, 3.63) is 84.9 Å². The average molecular weight is 304 g/mol. The van der Waals surface area contributed by atoms with Crippen LogP contribution in [-0.2, 0) is 0 Å². The van der Waals surface area contributed by atoms with E-state index in [-0.39, 0.29) is 6.03 Å². The molecule has 0 spiro atoms. The first-order valence-corrected chi connectivity index (χ1v) is 7.26. The van der Waals surface area contributed by atoms with Crippen LogP contribution in [0.3, 0.4) is 0 Å². The van der Waals surface area contributed by atoms with Gasteiger partial charge in [0.15, 0.2) is 5.75 Å². The highest BCUT2D eigenvalue weighted by Crippen LogP contribution is 2.29. The number of carbonyl (C=O) groups excluding carboxylic acids is 1. The molecule has 0 unspecified atom stereocenters. The van der Waals surface area contributed by atoms with Gasteiger partial charge in [-0.2, -0.15) is 0 Å². The fourth-order valence-corrected chi connectivity index (χ4v) is 2.08. The molecule has 0 aliphatic heterocycles. The van der Waals surface area contributed by atoms with Gasteiger partial charge in [0.1, 0.15) is 5.75 Å². The van der Waals surface area contributed by atoms with Crippen molar-refractivity contribution in [3.8, 4) is 11.5 Å². The molecule has 23 heavy (non-hydrogen) atoms. The Bertz CT molecular complexity index is 774. The normalized spacial score (nSPS) is 9.91. The van der Waals surface area contributed by atoms with Crippen LogP contribution in [0.1, 0.15) is 0 Å². The molecule has 0 saturated carbocycles. The van der Waals surface area contributed by atoms with E-state index >= 15 is 0 Å². The smallest absolute Gasteiger partial charge is 0.323 e. The molecule has 0 bridgehead atoms. The third-order valence-corrected chi connectivity index (χ3v) is 3.14. The summed E-state index contributed by atoms with van der Waals surface area (Å²) in [7, 11) is 0. The molecule has 0 saturated heterocycles. The Balaban J connectivity index is 1.71. The molecular weight excluding hydrogens is 288 g/mol. The molecule has 3 rings (SSSR count). The Labute approximate surface area is 134 Å². The van der Waals surface area contributed by atoms with Gasteiger partial charge in [0.05, 0.1) is 5.69 Å². The lowest BCUT2D eigenvalue weighted by molar-refractivity contribution is 0.262. The molecule has 0 aromatic heterocycles. The van der Waals surface area contributed by atoms with E-state index < -0.39 is 0 Å². The molecule has 3 aromatic carbocycles. The Hall–Kier alpha value is -3.27. The summed E-state index contributed by atoms with van der Waals surface area (Å²) in [5.41, 5.74) is 1.33. The van der Waals surface area contributed by atoms with Crippen LogP contribution in [0.25, 0.3) is 0 Å². The number of hydrogen-bond acceptors (Lipinski definition) is 2. The van der Waals surface area contributed by atoms with E-state index in [9.17, 15) is 4.79 Å². The first-order valence-electron chi connectivity index (χ1n) is 7.26. The van der Waals surface area contributed by atoms with Crippen LogP contribution >= 0.6 is 0 Å². The number of urea groups is 1. The summed E-state index contributed by atoms with van der Waals surface area (Å²) >= 11 is 0. The Kier molecular flexibility index (Phi) is 4.55. The van der Waals surface area contributed by atoms with Crippen LogP contribution in [0.4, 0.5) is 16.2 Å². The number of nitrogens with one attached hydrogen (secondary N) is 2. The van der Waals surface area contributed by atoms with E-state index in [1.54, 1.807) is 6.07 Å². The number of benzene rings is 3. The minimum atomic E-state index is -0.319. The molecule has 0 aliphatic carbocycles. The quantitative estimate of drug-likeness (QED) is 0.702. The lowest BCUT2D eigenvalue weighted by Crippen LogP contribution is -2.19. The standard InChI is InChI=1S/C19H16N2O2/c22-19(20-15-9-3-1-4-10-15)21-17-13-7-8-14-18(17)23-16-11-5-2-6-12-16/h1-14H,(H2,20,21,22). The van der Waals surface area contributed by atoms with Crippen LogP contribution in [0.5, 0.6) is 11.5 Å². The number of hydrogen-bond donors (Lipinski definition) is 2. The van der Waals surface area contributed by atoms with E-state index in [1.165, 1.54) is 0 Å². The van der Waals surface area contributed by atoms with Crippen LogP contribution in [0.2, 0.25) is 0 Å². The first kappa shape index (κ1) is 14.7. The van der Waals surface area contributed by atoms with Crippen molar-refractivity contribution in [2.75, 3.05) is 10.6 Å². The summed E-state index contributed by atoms with van der Waals surface area (Å²) < 4.78 is 5.82. The lowest BCUT2D eigenvalue weighted by Gasteiger charge is -2.12. The summed E-state index contributed by atoms with van der Waals surface area (Å²) in [6.07, 6.45) is 0. The monoisotopic (exact) mass is 304 g/mol. The van der Waals surface area contributed by atoms with E-state index in [0.717, 1.165) is 5.69 Å². The van der Waals surface area contributed by atoms with Gasteiger partial charge in [-0.25, -0.2) is 4.79 Å². The molecule has 0 heterocycles. The van der Waals surface area contributed by atoms with Crippen molar-refractivity contribution in [1.29, 1.82) is 0 Å². The van der Waals surface area contributed by atoms with E-state index in [1.807, 2.05) is 78.9 Å². The average Bonchev–Trinajstić information content (AvgIpc) is 2.58. The largest absolute Gasteiger partial charge is 0.455 e. The van der Waals surface area contributed by atoms with Gasteiger partial charge < -0.3 is 15.4 Å². The Morgan fingerprint density at radius 1 is 0.696 bits per heavy atom. The van der Waals surface area contributed by atoms with E-state index in [0.29, 0.717) is 17.2 Å². The number of ether oxygens (including phenoxy) is 1. The zero-order chi connectivity index (χ0) is 15.9. The fraction of sp³-hybridized carbons (Fsp3) is 0. The van der Waals surface area contributed by atoms with Gasteiger partial charge in [0, 0.05) is 5.69 Å². The summed E-state index contributed by atoms with van der Waals surface area (Å²) in [6, 6.07) is 25.7. The molecule has 2 amide bonds. The molecular formula is C19H16N2O2. The second-order valence-corrected chi connectivity index (χ2v) is 4.86. The highest BCUT2D eigenvalue weighted by atomic mass is 16.5. The maximum Gasteiger partial charge on any atom is 0.323 e. The van der Waals surface area contributed by atoms with Gasteiger partial charge in [-0.15, -0.1) is 0 Å². The van der Waals surface area contributed by atoms with Gasteiger partial charge in [-0.05, 0) is 36.4 Å². The zero-order valence-corrected chi connectivity index (χ0v) is 12.4. The van der Waals surface area contributed by atoms with E-state index in [2.05, 4.69) is 10.6 Å². The fourth-order valence-electron chi connectivity index (χ4n) is 2.08. The molecule has 2 N–H and O–H groups in total. The summed E-state index contributed by atoms with van der Waals surface area (Å²) in [6.45, 7) is 0. The van der Waals surface area contributed by atoms with Crippen molar-refractivity contribution < 1.29 is 9.53 Å². The molecule has 0 radical (unpaired) electrons. The highest BCUT2D eigenvalue weighted by molar-refractivity contribution is 6.00. The third-order valence-electron chi connectivity index (χ3n) is 3.14. The van der Waals surface area contributed by atoms with Crippen LogP contribution in [-0.4, -0.2) is 6.03 Å². The second kappa shape index (κ2) is 7.13. The van der Waals surface area contributed by atoms with Gasteiger partial charge in [-0.1, -0.05) is 48.5 Å². The lowest BCUT2D eigenvalue weighted by atomic mass is 10.3. The maximum absolute atomic E-state index is 12.1. The number of amides is 2. The van der Waals surface area contributed by atoms with Gasteiger partial charge in [0.25, 0.3) is 0 Å². The van der Waals surface area contributed by atoms with Crippen molar-refractivity contribution >= 4 is 17.4 Å².